The van der Waals surface area contributed by atoms with Crippen molar-refractivity contribution in [1.82, 2.24) is 15.3 Å². The van der Waals surface area contributed by atoms with Crippen LogP contribution in [0.5, 0.6) is 5.75 Å². The Morgan fingerprint density at radius 3 is 2.19 bits per heavy atom. The molecule has 1 unspecified atom stereocenters. The van der Waals surface area contributed by atoms with Crippen LogP contribution in [0, 0.1) is 5.92 Å². The molecule has 3 aromatic rings. The van der Waals surface area contributed by atoms with Crippen LogP contribution in [0.2, 0.25) is 0 Å². The maximum Gasteiger partial charge on any atom is 0.446 e. The van der Waals surface area contributed by atoms with E-state index in [1.54, 1.807) is 31.4 Å². The molecule has 3 rings (SSSR count). The molecule has 0 aliphatic carbocycles. The standard InChI is InChI=1S/C26H28F3N3O3S/c1-15(2)22(16-6-12-19(13-7-16)36-26(27,28)29)32-23(34)20-14-21(33)31-24(30-20)25(3,4)17-8-10-18(35-5)11-9-17/h6-15,22H,1-5H3,(H,32,34)(H,30,31,33). The van der Waals surface area contributed by atoms with Gasteiger partial charge in [-0.25, -0.2) is 4.98 Å². The smallest absolute Gasteiger partial charge is 0.446 e. The zero-order valence-corrected chi connectivity index (χ0v) is 21.4. The zero-order chi connectivity index (χ0) is 26.7. The molecule has 1 aromatic heterocycles. The first-order valence-corrected chi connectivity index (χ1v) is 12.0. The molecule has 1 amide bonds. The highest BCUT2D eigenvalue weighted by atomic mass is 32.2. The number of aromatic amines is 1. The largest absolute Gasteiger partial charge is 0.497 e. The highest BCUT2D eigenvalue weighted by Crippen LogP contribution is 2.37. The average Bonchev–Trinajstić information content (AvgIpc) is 2.81. The number of nitrogens with zero attached hydrogens (tertiary/aromatic N) is 1. The molecular weight excluding hydrogens is 491 g/mol. The third-order valence-electron chi connectivity index (χ3n) is 5.80. The molecule has 6 nitrogen and oxygen atoms in total. The number of H-pyrrole nitrogens is 1. The molecular formula is C26H28F3N3O3S. The number of alkyl halides is 3. The van der Waals surface area contributed by atoms with Gasteiger partial charge in [0.05, 0.1) is 13.2 Å². The highest BCUT2D eigenvalue weighted by molar-refractivity contribution is 8.00. The van der Waals surface area contributed by atoms with Crippen molar-refractivity contribution in [2.45, 2.75) is 49.6 Å². The number of hydrogen-bond acceptors (Lipinski definition) is 5. The van der Waals surface area contributed by atoms with Crippen molar-refractivity contribution < 1.29 is 22.7 Å². The molecule has 0 fully saturated rings. The summed E-state index contributed by atoms with van der Waals surface area (Å²) in [5.41, 5.74) is -4.11. The van der Waals surface area contributed by atoms with Crippen LogP contribution in [-0.4, -0.2) is 28.5 Å². The number of carbonyl (C=O) groups excluding carboxylic acids is 1. The summed E-state index contributed by atoms with van der Waals surface area (Å²) in [7, 11) is 1.57. The fourth-order valence-electron chi connectivity index (χ4n) is 3.74. The predicted molar refractivity (Wildman–Crippen MR) is 133 cm³/mol. The van der Waals surface area contributed by atoms with E-state index in [1.165, 1.54) is 12.1 Å². The molecule has 2 N–H and O–H groups in total. The molecule has 1 heterocycles. The van der Waals surface area contributed by atoms with Gasteiger partial charge >= 0.3 is 5.51 Å². The second kappa shape index (κ2) is 10.8. The number of methoxy groups -OCH3 is 1. The second-order valence-electron chi connectivity index (χ2n) is 9.14. The van der Waals surface area contributed by atoms with Crippen LogP contribution in [0.4, 0.5) is 13.2 Å². The Labute approximate surface area is 211 Å². The third kappa shape index (κ3) is 6.69. The molecule has 0 saturated carbocycles. The van der Waals surface area contributed by atoms with Gasteiger partial charge in [-0.3, -0.25) is 9.59 Å². The minimum Gasteiger partial charge on any atom is -0.497 e. The summed E-state index contributed by atoms with van der Waals surface area (Å²) in [5, 5.41) is 2.88. The number of amides is 1. The Morgan fingerprint density at radius 1 is 1.06 bits per heavy atom. The predicted octanol–water partition coefficient (Wildman–Crippen LogP) is 5.84. The minimum absolute atomic E-state index is 0.0507. The van der Waals surface area contributed by atoms with Gasteiger partial charge in [0, 0.05) is 16.4 Å². The zero-order valence-electron chi connectivity index (χ0n) is 20.6. The molecule has 0 aliphatic heterocycles. The van der Waals surface area contributed by atoms with E-state index in [1.807, 2.05) is 39.8 Å². The molecule has 10 heteroatoms. The van der Waals surface area contributed by atoms with Gasteiger partial charge in [0.2, 0.25) is 0 Å². The van der Waals surface area contributed by atoms with E-state index in [0.29, 0.717) is 17.1 Å². The van der Waals surface area contributed by atoms with E-state index in [0.717, 1.165) is 11.6 Å². The lowest BCUT2D eigenvalue weighted by Gasteiger charge is -2.26. The fourth-order valence-corrected chi connectivity index (χ4v) is 4.28. The number of benzene rings is 2. The Morgan fingerprint density at radius 2 is 1.67 bits per heavy atom. The Kier molecular flexibility index (Phi) is 8.18. The van der Waals surface area contributed by atoms with Gasteiger partial charge in [-0.05, 0) is 66.9 Å². The number of carbonyl (C=O) groups is 1. The van der Waals surface area contributed by atoms with E-state index in [9.17, 15) is 22.8 Å². The number of ether oxygens (including phenoxy) is 1. The number of hydrogen-bond donors (Lipinski definition) is 2. The van der Waals surface area contributed by atoms with Crippen molar-refractivity contribution in [3.05, 3.63) is 87.6 Å². The number of aromatic nitrogens is 2. The number of nitrogens with one attached hydrogen (secondary N) is 2. The van der Waals surface area contributed by atoms with Gasteiger partial charge in [-0.2, -0.15) is 13.2 Å². The lowest BCUT2D eigenvalue weighted by atomic mass is 9.83. The van der Waals surface area contributed by atoms with Crippen molar-refractivity contribution in [3.63, 3.8) is 0 Å². The normalized spacial score (nSPS) is 12.9. The second-order valence-corrected chi connectivity index (χ2v) is 10.3. The first-order chi connectivity index (χ1) is 16.8. The van der Waals surface area contributed by atoms with E-state index >= 15 is 0 Å². The first-order valence-electron chi connectivity index (χ1n) is 11.2. The van der Waals surface area contributed by atoms with Gasteiger partial charge in [-0.1, -0.05) is 38.1 Å². The van der Waals surface area contributed by atoms with Crippen LogP contribution in [0.25, 0.3) is 0 Å². The molecule has 0 aliphatic rings. The molecule has 0 bridgehead atoms. The molecule has 0 radical (unpaired) electrons. The van der Waals surface area contributed by atoms with Gasteiger partial charge in [-0.15, -0.1) is 0 Å². The number of rotatable bonds is 8. The lowest BCUT2D eigenvalue weighted by Crippen LogP contribution is -2.34. The van der Waals surface area contributed by atoms with Crippen LogP contribution in [0.3, 0.4) is 0 Å². The van der Waals surface area contributed by atoms with Gasteiger partial charge in [0.15, 0.2) is 0 Å². The molecule has 36 heavy (non-hydrogen) atoms. The van der Waals surface area contributed by atoms with Gasteiger partial charge < -0.3 is 15.0 Å². The van der Waals surface area contributed by atoms with Crippen molar-refractivity contribution in [2.24, 2.45) is 5.92 Å². The SMILES string of the molecule is COc1ccc(C(C)(C)c2nc(C(=O)NC(c3ccc(SC(F)(F)F)cc3)C(C)C)cc(=O)[nH]2)cc1. The lowest BCUT2D eigenvalue weighted by molar-refractivity contribution is -0.0328. The van der Waals surface area contributed by atoms with Crippen LogP contribution >= 0.6 is 11.8 Å². The van der Waals surface area contributed by atoms with Crippen LogP contribution < -0.4 is 15.6 Å². The summed E-state index contributed by atoms with van der Waals surface area (Å²) in [5.74, 6) is 0.376. The topological polar surface area (TPSA) is 84.1 Å². The minimum atomic E-state index is -4.38. The van der Waals surface area contributed by atoms with Crippen LogP contribution in [0.1, 0.15) is 61.2 Å². The van der Waals surface area contributed by atoms with Crippen molar-refractivity contribution in [2.75, 3.05) is 7.11 Å². The molecule has 2 aromatic carbocycles. The van der Waals surface area contributed by atoms with Gasteiger partial charge in [0.25, 0.3) is 11.5 Å². The van der Waals surface area contributed by atoms with Gasteiger partial charge in [0.1, 0.15) is 17.3 Å². The maximum absolute atomic E-state index is 13.1. The number of halogens is 3. The van der Waals surface area contributed by atoms with Crippen molar-refractivity contribution >= 4 is 17.7 Å². The fraction of sp³-hybridized carbons (Fsp3) is 0.346. The van der Waals surface area contributed by atoms with E-state index in [4.69, 9.17) is 4.74 Å². The van der Waals surface area contributed by atoms with Crippen LogP contribution in [0.15, 0.2) is 64.3 Å². The summed E-state index contributed by atoms with van der Waals surface area (Å²) in [6, 6.07) is 13.8. The Bertz CT molecular complexity index is 1250. The average molecular weight is 520 g/mol. The van der Waals surface area contributed by atoms with Crippen molar-refractivity contribution in [1.29, 1.82) is 0 Å². The van der Waals surface area contributed by atoms with Crippen LogP contribution in [-0.2, 0) is 5.41 Å². The summed E-state index contributed by atoms with van der Waals surface area (Å²) < 4.78 is 43.1. The molecule has 1 atom stereocenters. The quantitative estimate of drug-likeness (QED) is 0.365. The number of thioether (sulfide) groups is 1. The third-order valence-corrected chi connectivity index (χ3v) is 6.54. The highest BCUT2D eigenvalue weighted by Gasteiger charge is 2.30. The first kappa shape index (κ1) is 27.3. The summed E-state index contributed by atoms with van der Waals surface area (Å²) >= 11 is -0.197. The molecule has 0 spiro atoms. The monoisotopic (exact) mass is 519 g/mol. The molecule has 192 valence electrons. The van der Waals surface area contributed by atoms with E-state index < -0.39 is 28.4 Å². The maximum atomic E-state index is 13.1. The van der Waals surface area contributed by atoms with E-state index in [-0.39, 0.29) is 28.3 Å². The van der Waals surface area contributed by atoms with Crippen molar-refractivity contribution in [3.8, 4) is 5.75 Å². The Balaban J connectivity index is 1.86. The summed E-state index contributed by atoms with van der Waals surface area (Å²) in [4.78, 5) is 32.8. The van der Waals surface area contributed by atoms with E-state index in [2.05, 4.69) is 15.3 Å². The molecule has 0 saturated heterocycles. The Hall–Kier alpha value is -3.27. The summed E-state index contributed by atoms with van der Waals surface area (Å²) in [6.45, 7) is 7.53. The summed E-state index contributed by atoms with van der Waals surface area (Å²) in [6.07, 6.45) is 0.